The minimum atomic E-state index is -0.401. The first kappa shape index (κ1) is 33.6. The summed E-state index contributed by atoms with van der Waals surface area (Å²) in [7, 11) is 4.69. The monoisotopic (exact) mass is 645 g/mol. The Morgan fingerprint density at radius 2 is 1.74 bits per heavy atom. The number of carbonyl (C=O) groups excluding carboxylic acids is 1. The van der Waals surface area contributed by atoms with Crippen LogP contribution in [0.4, 0.5) is 10.2 Å². The van der Waals surface area contributed by atoms with Gasteiger partial charge in [-0.1, -0.05) is 26.0 Å². The average molecular weight is 646 g/mol. The van der Waals surface area contributed by atoms with Gasteiger partial charge in [0.05, 0.1) is 27.0 Å². The number of aryl methyl sites for hydroxylation is 1. The fourth-order valence-corrected chi connectivity index (χ4v) is 5.78. The third-order valence-electron chi connectivity index (χ3n) is 8.41. The van der Waals surface area contributed by atoms with Crippen LogP contribution < -0.4 is 24.4 Å². The van der Waals surface area contributed by atoms with Crippen LogP contribution in [-0.4, -0.2) is 83.9 Å². The summed E-state index contributed by atoms with van der Waals surface area (Å²) in [5.41, 5.74) is 2.86. The van der Waals surface area contributed by atoms with Gasteiger partial charge in [0.1, 0.15) is 12.1 Å². The van der Waals surface area contributed by atoms with Crippen molar-refractivity contribution >= 4 is 11.7 Å². The molecule has 5 rings (SSSR count). The zero-order chi connectivity index (χ0) is 33.3. The Bertz CT molecular complexity index is 1630. The lowest BCUT2D eigenvalue weighted by molar-refractivity contribution is -0.122. The first-order valence-corrected chi connectivity index (χ1v) is 15.9. The second-order valence-corrected chi connectivity index (χ2v) is 12.0. The largest absolute Gasteiger partial charge is 0.494 e. The number of carbonyl (C=O) groups is 1. The van der Waals surface area contributed by atoms with Crippen molar-refractivity contribution in [2.75, 3.05) is 52.4 Å². The van der Waals surface area contributed by atoms with Crippen molar-refractivity contribution in [3.63, 3.8) is 0 Å². The van der Waals surface area contributed by atoms with E-state index in [4.69, 9.17) is 24.2 Å². The maximum atomic E-state index is 14.6. The molecule has 1 amide bonds. The lowest BCUT2D eigenvalue weighted by atomic mass is 10.0. The molecule has 4 aromatic rings. The Hall–Kier alpha value is -4.71. The number of piperazine rings is 1. The van der Waals surface area contributed by atoms with E-state index in [0.717, 1.165) is 35.5 Å². The standard InChI is InChI=1S/C35H44FN7O4/c1-24(2)29-20-33(40-35(39-29)43-14-13-37-23-43)42-16-15-41(21-26-9-10-30(45-3)28(36)17-26)27(22-42)19-34(44)38-12-6-7-25-8-11-31(46-4)32(18-25)47-5/h8-11,13-14,17-18,20,23-24,27H,6-7,12,15-16,19,21-22H2,1-5H3,(H,38,44). The van der Waals surface area contributed by atoms with Gasteiger partial charge in [0.15, 0.2) is 23.1 Å². The number of aromatic nitrogens is 4. The normalized spacial score (nSPS) is 15.1. The maximum Gasteiger partial charge on any atom is 0.237 e. The summed E-state index contributed by atoms with van der Waals surface area (Å²) in [4.78, 5) is 31.6. The highest BCUT2D eigenvalue weighted by molar-refractivity contribution is 5.76. The van der Waals surface area contributed by atoms with E-state index in [0.29, 0.717) is 56.6 Å². The van der Waals surface area contributed by atoms with Crippen LogP contribution in [0.1, 0.15) is 49.4 Å². The zero-order valence-corrected chi connectivity index (χ0v) is 27.8. The third kappa shape index (κ3) is 8.56. The van der Waals surface area contributed by atoms with Crippen molar-refractivity contribution in [2.45, 2.75) is 51.6 Å². The summed E-state index contributed by atoms with van der Waals surface area (Å²) < 4.78 is 32.2. The van der Waals surface area contributed by atoms with Gasteiger partial charge in [0.25, 0.3) is 0 Å². The number of nitrogens with zero attached hydrogens (tertiary/aromatic N) is 6. The van der Waals surface area contributed by atoms with Crippen LogP contribution in [0.5, 0.6) is 17.2 Å². The topological polar surface area (TPSA) is 107 Å². The Labute approximate surface area is 275 Å². The highest BCUT2D eigenvalue weighted by atomic mass is 19.1. The van der Waals surface area contributed by atoms with Gasteiger partial charge in [-0.2, -0.15) is 4.98 Å². The average Bonchev–Trinajstić information content (AvgIpc) is 3.63. The lowest BCUT2D eigenvalue weighted by Crippen LogP contribution is -2.54. The second kappa shape index (κ2) is 15.7. The first-order valence-electron chi connectivity index (χ1n) is 15.9. The lowest BCUT2D eigenvalue weighted by Gasteiger charge is -2.42. The SMILES string of the molecule is COc1ccc(CN2CCN(c3cc(C(C)C)nc(-n4ccnc4)n3)CC2CC(=O)NCCCc2ccc(OC)c(OC)c2)cc1F. The van der Waals surface area contributed by atoms with E-state index in [1.54, 1.807) is 37.4 Å². The fourth-order valence-electron chi connectivity index (χ4n) is 5.78. The molecular weight excluding hydrogens is 601 g/mol. The smallest absolute Gasteiger partial charge is 0.237 e. The summed E-state index contributed by atoms with van der Waals surface area (Å²) in [6.07, 6.45) is 7.08. The predicted octanol–water partition coefficient (Wildman–Crippen LogP) is 4.78. The summed E-state index contributed by atoms with van der Waals surface area (Å²) in [5.74, 6) is 2.72. The molecule has 1 fully saturated rings. The number of methoxy groups -OCH3 is 3. The van der Waals surface area contributed by atoms with Gasteiger partial charge in [-0.15, -0.1) is 0 Å². The zero-order valence-electron chi connectivity index (χ0n) is 27.8. The van der Waals surface area contributed by atoms with Crippen molar-refractivity contribution in [3.05, 3.63) is 83.8 Å². The molecule has 3 heterocycles. The van der Waals surface area contributed by atoms with Crippen molar-refractivity contribution < 1.29 is 23.4 Å². The van der Waals surface area contributed by atoms with E-state index in [2.05, 4.69) is 33.9 Å². The van der Waals surface area contributed by atoms with Gasteiger partial charge in [-0.3, -0.25) is 14.3 Å². The molecule has 1 unspecified atom stereocenters. The van der Waals surface area contributed by atoms with Crippen LogP contribution in [0, 0.1) is 5.82 Å². The Morgan fingerprint density at radius 3 is 2.45 bits per heavy atom. The van der Waals surface area contributed by atoms with E-state index in [1.807, 2.05) is 36.5 Å². The molecule has 2 aromatic heterocycles. The van der Waals surface area contributed by atoms with E-state index < -0.39 is 5.82 Å². The van der Waals surface area contributed by atoms with Crippen molar-refractivity contribution in [1.82, 2.24) is 29.7 Å². The van der Waals surface area contributed by atoms with Gasteiger partial charge in [-0.05, 0) is 54.2 Å². The highest BCUT2D eigenvalue weighted by Gasteiger charge is 2.30. The number of amides is 1. The fraction of sp³-hybridized carbons (Fsp3) is 0.429. The summed E-state index contributed by atoms with van der Waals surface area (Å²) in [6.45, 7) is 7.21. The van der Waals surface area contributed by atoms with Crippen LogP contribution in [-0.2, 0) is 17.8 Å². The quantitative estimate of drug-likeness (QED) is 0.194. The van der Waals surface area contributed by atoms with Gasteiger partial charge in [0.2, 0.25) is 11.9 Å². The minimum Gasteiger partial charge on any atom is -0.494 e. The number of anilines is 1. The van der Waals surface area contributed by atoms with Crippen LogP contribution in [0.25, 0.3) is 5.95 Å². The van der Waals surface area contributed by atoms with E-state index in [-0.39, 0.29) is 23.6 Å². The minimum absolute atomic E-state index is 0.0280. The summed E-state index contributed by atoms with van der Waals surface area (Å²) in [5, 5.41) is 3.11. The molecule has 1 N–H and O–H groups in total. The number of hydrogen-bond donors (Lipinski definition) is 1. The Kier molecular flexibility index (Phi) is 11.3. The highest BCUT2D eigenvalue weighted by Crippen LogP contribution is 2.28. The van der Waals surface area contributed by atoms with Gasteiger partial charge < -0.3 is 24.4 Å². The number of halogens is 1. The molecule has 12 heteroatoms. The molecule has 0 aliphatic carbocycles. The molecule has 47 heavy (non-hydrogen) atoms. The number of rotatable bonds is 14. The molecule has 0 spiro atoms. The molecule has 0 bridgehead atoms. The molecular formula is C35H44FN7O4. The first-order chi connectivity index (χ1) is 22.8. The van der Waals surface area contributed by atoms with E-state index in [1.165, 1.54) is 13.2 Å². The molecule has 0 radical (unpaired) electrons. The number of nitrogens with one attached hydrogen (secondary N) is 1. The van der Waals surface area contributed by atoms with Crippen LogP contribution in [0.2, 0.25) is 0 Å². The molecule has 2 aromatic carbocycles. The maximum absolute atomic E-state index is 14.6. The van der Waals surface area contributed by atoms with Gasteiger partial charge in [-0.25, -0.2) is 14.4 Å². The Balaban J connectivity index is 1.29. The second-order valence-electron chi connectivity index (χ2n) is 12.0. The van der Waals surface area contributed by atoms with E-state index >= 15 is 0 Å². The number of hydrogen-bond acceptors (Lipinski definition) is 9. The molecule has 1 aliphatic rings. The van der Waals surface area contributed by atoms with Crippen LogP contribution in [0.3, 0.4) is 0 Å². The van der Waals surface area contributed by atoms with Crippen LogP contribution >= 0.6 is 0 Å². The molecule has 1 aliphatic heterocycles. The summed E-state index contributed by atoms with van der Waals surface area (Å²) >= 11 is 0. The Morgan fingerprint density at radius 1 is 0.979 bits per heavy atom. The van der Waals surface area contributed by atoms with Crippen molar-refractivity contribution in [1.29, 1.82) is 0 Å². The molecule has 11 nitrogen and oxygen atoms in total. The van der Waals surface area contributed by atoms with Crippen LogP contribution in [0.15, 0.2) is 61.2 Å². The molecule has 1 saturated heterocycles. The van der Waals surface area contributed by atoms with Gasteiger partial charge in [0, 0.05) is 63.6 Å². The van der Waals surface area contributed by atoms with Gasteiger partial charge >= 0.3 is 0 Å². The molecule has 0 saturated carbocycles. The number of imidazole rings is 1. The summed E-state index contributed by atoms with van der Waals surface area (Å²) in [6, 6.07) is 12.8. The van der Waals surface area contributed by atoms with Crippen molar-refractivity contribution in [3.8, 4) is 23.2 Å². The number of benzene rings is 2. The number of ether oxygens (including phenoxy) is 3. The molecule has 250 valence electrons. The van der Waals surface area contributed by atoms with E-state index in [9.17, 15) is 9.18 Å². The van der Waals surface area contributed by atoms with Crippen molar-refractivity contribution in [2.24, 2.45) is 0 Å². The third-order valence-corrected chi connectivity index (χ3v) is 8.41. The predicted molar refractivity (Wildman–Crippen MR) is 178 cm³/mol. The molecule has 1 atom stereocenters.